The van der Waals surface area contributed by atoms with Crippen molar-refractivity contribution in [1.29, 1.82) is 0 Å². The number of rotatable bonds is 3. The molecule has 3 heterocycles. The quantitative estimate of drug-likeness (QED) is 0.903. The van der Waals surface area contributed by atoms with E-state index in [0.29, 0.717) is 19.0 Å². The Bertz CT molecular complexity index is 823. The SMILES string of the molecule is CC(C)CN1CCc2[nH]cnc2C12CCN(C(=O)c1ccccc1F)CC2. The molecule has 1 amide bonds. The average Bonchev–Trinajstić information content (AvgIpc) is 3.14. The first-order valence-electron chi connectivity index (χ1n) is 9.83. The van der Waals surface area contributed by atoms with Crippen LogP contribution in [0.5, 0.6) is 0 Å². The van der Waals surface area contributed by atoms with Crippen LogP contribution < -0.4 is 0 Å². The van der Waals surface area contributed by atoms with Crippen molar-refractivity contribution in [2.24, 2.45) is 5.92 Å². The standard InChI is InChI=1S/C21H27FN4O/c1-15(2)13-26-10-7-18-19(24-14-23-18)21(26)8-11-25(12-9-21)20(27)16-5-3-4-6-17(16)22/h3-6,14-15H,7-13H2,1-2H3,(H,23,24). The number of piperidine rings is 1. The van der Waals surface area contributed by atoms with Crippen LogP contribution >= 0.6 is 0 Å². The van der Waals surface area contributed by atoms with Crippen LogP contribution in [-0.4, -0.2) is 51.9 Å². The monoisotopic (exact) mass is 370 g/mol. The fraction of sp³-hybridized carbons (Fsp3) is 0.524. The van der Waals surface area contributed by atoms with Crippen molar-refractivity contribution in [3.05, 3.63) is 53.4 Å². The third-order valence-corrected chi connectivity index (χ3v) is 5.96. The smallest absolute Gasteiger partial charge is 0.256 e. The number of aromatic amines is 1. The van der Waals surface area contributed by atoms with Crippen LogP contribution in [0.1, 0.15) is 48.4 Å². The van der Waals surface area contributed by atoms with Gasteiger partial charge in [0.15, 0.2) is 0 Å². The maximum Gasteiger partial charge on any atom is 0.256 e. The van der Waals surface area contributed by atoms with E-state index in [4.69, 9.17) is 0 Å². The number of halogens is 1. The average molecular weight is 370 g/mol. The molecule has 2 aliphatic rings. The zero-order valence-corrected chi connectivity index (χ0v) is 16.0. The number of nitrogens with one attached hydrogen (secondary N) is 1. The molecule has 1 fully saturated rings. The molecule has 5 nitrogen and oxygen atoms in total. The fourth-order valence-corrected chi connectivity index (χ4v) is 4.67. The lowest BCUT2D eigenvalue weighted by Gasteiger charge is -2.51. The molecule has 1 N–H and O–H groups in total. The molecule has 4 rings (SSSR count). The van der Waals surface area contributed by atoms with Crippen molar-refractivity contribution in [2.45, 2.75) is 38.6 Å². The van der Waals surface area contributed by atoms with Crippen molar-refractivity contribution in [1.82, 2.24) is 19.8 Å². The Kier molecular flexibility index (Phi) is 4.76. The lowest BCUT2D eigenvalue weighted by Crippen LogP contribution is -2.57. The highest BCUT2D eigenvalue weighted by Gasteiger charge is 2.47. The second-order valence-corrected chi connectivity index (χ2v) is 8.12. The van der Waals surface area contributed by atoms with Crippen LogP contribution in [-0.2, 0) is 12.0 Å². The minimum Gasteiger partial charge on any atom is -0.348 e. The number of amides is 1. The molecule has 0 bridgehead atoms. The van der Waals surface area contributed by atoms with E-state index in [-0.39, 0.29) is 17.0 Å². The van der Waals surface area contributed by atoms with Gasteiger partial charge in [0.1, 0.15) is 5.82 Å². The van der Waals surface area contributed by atoms with Gasteiger partial charge in [-0.3, -0.25) is 9.69 Å². The highest BCUT2D eigenvalue weighted by molar-refractivity contribution is 5.94. The minimum atomic E-state index is -0.448. The number of fused-ring (bicyclic) bond motifs is 2. The Morgan fingerprint density at radius 1 is 1.26 bits per heavy atom. The summed E-state index contributed by atoms with van der Waals surface area (Å²) < 4.78 is 14.0. The van der Waals surface area contributed by atoms with Crippen LogP contribution in [0.2, 0.25) is 0 Å². The van der Waals surface area contributed by atoms with Crippen molar-refractivity contribution in [3.63, 3.8) is 0 Å². The van der Waals surface area contributed by atoms with E-state index in [1.807, 2.05) is 0 Å². The van der Waals surface area contributed by atoms with E-state index in [9.17, 15) is 9.18 Å². The molecule has 1 aromatic carbocycles. The lowest BCUT2D eigenvalue weighted by atomic mass is 9.78. The number of carbonyl (C=O) groups excluding carboxylic acids is 1. The fourth-order valence-electron chi connectivity index (χ4n) is 4.67. The van der Waals surface area contributed by atoms with Crippen LogP contribution in [0, 0.1) is 11.7 Å². The van der Waals surface area contributed by atoms with Gasteiger partial charge in [-0.05, 0) is 30.9 Å². The van der Waals surface area contributed by atoms with Crippen LogP contribution in [0.15, 0.2) is 30.6 Å². The predicted molar refractivity (Wildman–Crippen MR) is 102 cm³/mol. The first kappa shape index (κ1) is 18.2. The number of carbonyl (C=O) groups is 1. The number of nitrogens with zero attached hydrogens (tertiary/aromatic N) is 3. The molecule has 1 aromatic heterocycles. The highest BCUT2D eigenvalue weighted by atomic mass is 19.1. The molecule has 2 aromatic rings. The van der Waals surface area contributed by atoms with E-state index in [1.54, 1.807) is 29.4 Å². The third-order valence-electron chi connectivity index (χ3n) is 5.96. The normalized spacial score (nSPS) is 19.5. The summed E-state index contributed by atoms with van der Waals surface area (Å²) in [5, 5.41) is 0. The van der Waals surface area contributed by atoms with Crippen LogP contribution in [0.3, 0.4) is 0 Å². The summed E-state index contributed by atoms with van der Waals surface area (Å²) >= 11 is 0. The lowest BCUT2D eigenvalue weighted by molar-refractivity contribution is 0.000503. The summed E-state index contributed by atoms with van der Waals surface area (Å²) in [6.07, 6.45) is 4.44. The second-order valence-electron chi connectivity index (χ2n) is 8.12. The molecule has 1 saturated heterocycles. The molecular weight excluding hydrogens is 343 g/mol. The van der Waals surface area contributed by atoms with Crippen LogP contribution in [0.4, 0.5) is 4.39 Å². The maximum absolute atomic E-state index is 14.0. The molecule has 144 valence electrons. The largest absolute Gasteiger partial charge is 0.348 e. The second kappa shape index (κ2) is 7.08. The van der Waals surface area contributed by atoms with E-state index in [0.717, 1.165) is 38.0 Å². The Labute approximate surface area is 159 Å². The molecule has 6 heteroatoms. The molecule has 0 atom stereocenters. The minimum absolute atomic E-state index is 0.121. The molecule has 27 heavy (non-hydrogen) atoms. The molecule has 0 unspecified atom stereocenters. The van der Waals surface area contributed by atoms with Gasteiger partial charge in [-0.2, -0.15) is 0 Å². The van der Waals surface area contributed by atoms with Crippen molar-refractivity contribution >= 4 is 5.91 Å². The van der Waals surface area contributed by atoms with Gasteiger partial charge < -0.3 is 9.88 Å². The number of aromatic nitrogens is 2. The maximum atomic E-state index is 14.0. The molecule has 2 aliphatic heterocycles. The number of likely N-dealkylation sites (tertiary alicyclic amines) is 1. The number of H-pyrrole nitrogens is 1. The summed E-state index contributed by atoms with van der Waals surface area (Å²) in [6.45, 7) is 7.75. The van der Waals surface area contributed by atoms with E-state index >= 15 is 0 Å². The summed E-state index contributed by atoms with van der Waals surface area (Å²) in [7, 11) is 0. The van der Waals surface area contributed by atoms with Gasteiger partial charge in [0.05, 0.1) is 23.1 Å². The molecule has 0 saturated carbocycles. The first-order valence-corrected chi connectivity index (χ1v) is 9.83. The zero-order chi connectivity index (χ0) is 19.0. The third kappa shape index (κ3) is 3.16. The van der Waals surface area contributed by atoms with Crippen LogP contribution in [0.25, 0.3) is 0 Å². The van der Waals surface area contributed by atoms with Gasteiger partial charge in [-0.1, -0.05) is 26.0 Å². The van der Waals surface area contributed by atoms with Crippen molar-refractivity contribution in [2.75, 3.05) is 26.2 Å². The summed E-state index contributed by atoms with van der Waals surface area (Å²) in [5.41, 5.74) is 2.41. The van der Waals surface area contributed by atoms with E-state index in [1.165, 1.54) is 11.8 Å². The predicted octanol–water partition coefficient (Wildman–Crippen LogP) is 3.19. The number of benzene rings is 1. The topological polar surface area (TPSA) is 52.2 Å². The Balaban J connectivity index is 1.57. The molecular formula is C21H27FN4O. The van der Waals surface area contributed by atoms with Gasteiger partial charge >= 0.3 is 0 Å². The van der Waals surface area contributed by atoms with Crippen molar-refractivity contribution < 1.29 is 9.18 Å². The zero-order valence-electron chi connectivity index (χ0n) is 16.0. The van der Waals surface area contributed by atoms with E-state index < -0.39 is 5.82 Å². The number of imidazole rings is 1. The number of hydrogen-bond acceptors (Lipinski definition) is 3. The van der Waals surface area contributed by atoms with Gasteiger partial charge in [0, 0.05) is 38.3 Å². The van der Waals surface area contributed by atoms with Gasteiger partial charge in [-0.15, -0.1) is 0 Å². The van der Waals surface area contributed by atoms with E-state index in [2.05, 4.69) is 28.7 Å². The van der Waals surface area contributed by atoms with Gasteiger partial charge in [0.2, 0.25) is 0 Å². The highest BCUT2D eigenvalue weighted by Crippen LogP contribution is 2.42. The molecule has 0 radical (unpaired) electrons. The summed E-state index contributed by atoms with van der Waals surface area (Å²) in [4.78, 5) is 25.1. The molecule has 1 spiro atoms. The summed E-state index contributed by atoms with van der Waals surface area (Å²) in [5.74, 6) is -0.0895. The molecule has 0 aliphatic carbocycles. The number of hydrogen-bond donors (Lipinski definition) is 1. The van der Waals surface area contributed by atoms with Gasteiger partial charge in [-0.25, -0.2) is 9.37 Å². The van der Waals surface area contributed by atoms with Crippen molar-refractivity contribution in [3.8, 4) is 0 Å². The Morgan fingerprint density at radius 3 is 2.70 bits per heavy atom. The Morgan fingerprint density at radius 2 is 2.00 bits per heavy atom. The Hall–Kier alpha value is -2.21. The van der Waals surface area contributed by atoms with Gasteiger partial charge in [0.25, 0.3) is 5.91 Å². The first-order chi connectivity index (χ1) is 13.0. The summed E-state index contributed by atoms with van der Waals surface area (Å²) in [6, 6.07) is 6.24.